The van der Waals surface area contributed by atoms with Crippen molar-refractivity contribution in [1.82, 2.24) is 4.90 Å². The van der Waals surface area contributed by atoms with Crippen molar-refractivity contribution in [3.63, 3.8) is 0 Å². The Hall–Kier alpha value is -1.12. The third kappa shape index (κ3) is 4.19. The highest BCUT2D eigenvalue weighted by atomic mass is 79.9. The zero-order valence-electron chi connectivity index (χ0n) is 10.8. The van der Waals surface area contributed by atoms with Crippen LogP contribution in [0.5, 0.6) is 0 Å². The van der Waals surface area contributed by atoms with Gasteiger partial charge in [0, 0.05) is 23.2 Å². The Morgan fingerprint density at radius 3 is 2.60 bits per heavy atom. The monoisotopic (exact) mass is 361 g/mol. The van der Waals surface area contributed by atoms with Gasteiger partial charge in [-0.1, -0.05) is 0 Å². The van der Waals surface area contributed by atoms with E-state index in [9.17, 15) is 13.2 Å². The number of hydrogen-bond acceptors (Lipinski definition) is 5. The van der Waals surface area contributed by atoms with E-state index in [0.717, 1.165) is 0 Å². The van der Waals surface area contributed by atoms with Gasteiger partial charge >= 0.3 is 0 Å². The van der Waals surface area contributed by atoms with Gasteiger partial charge in [-0.2, -0.15) is 0 Å². The Balaban J connectivity index is 1.90. The van der Waals surface area contributed by atoms with Gasteiger partial charge in [0.2, 0.25) is 5.91 Å². The van der Waals surface area contributed by atoms with Crippen LogP contribution in [0.1, 0.15) is 0 Å². The van der Waals surface area contributed by atoms with E-state index in [1.54, 1.807) is 18.2 Å². The minimum Gasteiger partial charge on any atom is -0.399 e. The van der Waals surface area contributed by atoms with Gasteiger partial charge in [0.05, 0.1) is 23.7 Å². The van der Waals surface area contributed by atoms with E-state index in [1.165, 1.54) is 0 Å². The van der Waals surface area contributed by atoms with Gasteiger partial charge in [-0.15, -0.1) is 0 Å². The Morgan fingerprint density at radius 1 is 1.35 bits per heavy atom. The maximum absolute atomic E-state index is 11.9. The molecule has 1 aliphatic rings. The molecule has 0 bridgehead atoms. The van der Waals surface area contributed by atoms with Crippen molar-refractivity contribution in [3.05, 3.63) is 22.7 Å². The molecule has 0 spiro atoms. The molecule has 110 valence electrons. The molecular weight excluding hydrogens is 346 g/mol. The summed E-state index contributed by atoms with van der Waals surface area (Å²) in [5.74, 6) is 0.0623. The molecule has 0 radical (unpaired) electrons. The lowest BCUT2D eigenvalue weighted by atomic mass is 10.3. The molecule has 3 N–H and O–H groups in total. The quantitative estimate of drug-likeness (QED) is 0.773. The highest BCUT2D eigenvalue weighted by Crippen LogP contribution is 2.24. The number of nitrogens with two attached hydrogens (primary N) is 1. The minimum absolute atomic E-state index is 0.117. The molecule has 1 aromatic rings. The van der Waals surface area contributed by atoms with Crippen LogP contribution in [0.4, 0.5) is 11.4 Å². The number of halogens is 1. The van der Waals surface area contributed by atoms with Crippen LogP contribution in [0.25, 0.3) is 0 Å². The van der Waals surface area contributed by atoms with Crippen LogP contribution in [0.3, 0.4) is 0 Å². The van der Waals surface area contributed by atoms with Crippen LogP contribution in [-0.2, 0) is 14.6 Å². The van der Waals surface area contributed by atoms with Crippen molar-refractivity contribution in [1.29, 1.82) is 0 Å². The van der Waals surface area contributed by atoms with E-state index in [2.05, 4.69) is 21.2 Å². The fourth-order valence-corrected chi connectivity index (χ4v) is 3.71. The van der Waals surface area contributed by atoms with Gasteiger partial charge < -0.3 is 11.1 Å². The first kappa shape index (κ1) is 15.3. The van der Waals surface area contributed by atoms with Gasteiger partial charge in [-0.05, 0) is 34.1 Å². The van der Waals surface area contributed by atoms with Crippen molar-refractivity contribution in [2.24, 2.45) is 0 Å². The van der Waals surface area contributed by atoms with Crippen molar-refractivity contribution < 1.29 is 13.2 Å². The lowest BCUT2D eigenvalue weighted by Gasteiger charge is -2.25. The fraction of sp³-hybridized carbons (Fsp3) is 0.417. The summed E-state index contributed by atoms with van der Waals surface area (Å²) in [6.07, 6.45) is 0. The zero-order valence-corrected chi connectivity index (χ0v) is 13.2. The van der Waals surface area contributed by atoms with Crippen LogP contribution < -0.4 is 11.1 Å². The Kier molecular flexibility index (Phi) is 4.66. The van der Waals surface area contributed by atoms with Gasteiger partial charge in [0.15, 0.2) is 9.84 Å². The van der Waals surface area contributed by atoms with Crippen molar-refractivity contribution >= 4 is 43.0 Å². The molecule has 0 unspecified atom stereocenters. The van der Waals surface area contributed by atoms with Crippen molar-refractivity contribution in [3.8, 4) is 0 Å². The lowest BCUT2D eigenvalue weighted by Crippen LogP contribution is -2.43. The summed E-state index contributed by atoms with van der Waals surface area (Å²) in [6.45, 7) is 0.990. The number of rotatable bonds is 3. The smallest absolute Gasteiger partial charge is 0.238 e. The summed E-state index contributed by atoms with van der Waals surface area (Å²) in [7, 11) is -2.92. The Labute approximate surface area is 126 Å². The number of carbonyl (C=O) groups excluding carboxylic acids is 1. The molecule has 1 saturated heterocycles. The molecular formula is C12H16BrN3O3S. The fourth-order valence-electron chi connectivity index (χ4n) is 1.93. The van der Waals surface area contributed by atoms with Gasteiger partial charge in [0.25, 0.3) is 0 Å². The summed E-state index contributed by atoms with van der Waals surface area (Å²) in [5, 5.41) is 2.77. The predicted octanol–water partition coefficient (Wildman–Crippen LogP) is 0.700. The number of nitrogen functional groups attached to an aromatic ring is 1. The van der Waals surface area contributed by atoms with Crippen LogP contribution in [-0.4, -0.2) is 50.4 Å². The van der Waals surface area contributed by atoms with Gasteiger partial charge in [-0.3, -0.25) is 9.69 Å². The number of sulfone groups is 1. The van der Waals surface area contributed by atoms with E-state index in [4.69, 9.17) is 5.73 Å². The lowest BCUT2D eigenvalue weighted by molar-refractivity contribution is -0.117. The van der Waals surface area contributed by atoms with Gasteiger partial charge in [0.1, 0.15) is 0 Å². The third-order valence-electron chi connectivity index (χ3n) is 3.07. The zero-order chi connectivity index (χ0) is 14.8. The average Bonchev–Trinajstić information content (AvgIpc) is 2.35. The molecule has 6 nitrogen and oxygen atoms in total. The van der Waals surface area contributed by atoms with E-state index >= 15 is 0 Å². The Morgan fingerprint density at radius 2 is 2.00 bits per heavy atom. The number of nitrogens with one attached hydrogen (secondary N) is 1. The average molecular weight is 362 g/mol. The number of benzene rings is 1. The molecule has 2 rings (SSSR count). The molecule has 8 heteroatoms. The molecule has 0 aliphatic carbocycles. The maximum atomic E-state index is 11.9. The SMILES string of the molecule is Nc1ccc(NC(=O)CN2CCS(=O)(=O)CC2)c(Br)c1. The highest BCUT2D eigenvalue weighted by molar-refractivity contribution is 9.10. The number of carbonyl (C=O) groups is 1. The first-order valence-electron chi connectivity index (χ1n) is 6.13. The van der Waals surface area contributed by atoms with E-state index in [-0.39, 0.29) is 24.0 Å². The second-order valence-electron chi connectivity index (χ2n) is 4.72. The molecule has 1 fully saturated rings. The van der Waals surface area contributed by atoms with Gasteiger partial charge in [-0.25, -0.2) is 8.42 Å². The van der Waals surface area contributed by atoms with Crippen LogP contribution >= 0.6 is 15.9 Å². The van der Waals surface area contributed by atoms with E-state index in [1.807, 2.05) is 4.90 Å². The second kappa shape index (κ2) is 6.11. The summed E-state index contributed by atoms with van der Waals surface area (Å²) in [4.78, 5) is 13.8. The first-order valence-corrected chi connectivity index (χ1v) is 8.75. The Bertz CT molecular complexity index is 604. The van der Waals surface area contributed by atoms with Crippen LogP contribution in [0.15, 0.2) is 22.7 Å². The second-order valence-corrected chi connectivity index (χ2v) is 7.87. The molecule has 1 aliphatic heterocycles. The summed E-state index contributed by atoms with van der Waals surface area (Å²) in [6, 6.07) is 5.13. The number of nitrogens with zero attached hydrogens (tertiary/aromatic N) is 1. The molecule has 20 heavy (non-hydrogen) atoms. The van der Waals surface area contributed by atoms with Crippen LogP contribution in [0.2, 0.25) is 0 Å². The third-order valence-corrected chi connectivity index (χ3v) is 5.34. The number of hydrogen-bond donors (Lipinski definition) is 2. The predicted molar refractivity (Wildman–Crippen MR) is 82.3 cm³/mol. The van der Waals surface area contributed by atoms with E-state index < -0.39 is 9.84 Å². The standard InChI is InChI=1S/C12H16BrN3O3S/c13-10-7-9(14)1-2-11(10)15-12(17)8-16-3-5-20(18,19)6-4-16/h1-2,7H,3-6,8,14H2,(H,15,17). The first-order chi connectivity index (χ1) is 9.35. The largest absolute Gasteiger partial charge is 0.399 e. The summed E-state index contributed by atoms with van der Waals surface area (Å²) < 4.78 is 23.3. The van der Waals surface area contributed by atoms with Crippen molar-refractivity contribution in [2.45, 2.75) is 0 Å². The minimum atomic E-state index is -2.92. The molecule has 0 saturated carbocycles. The number of amides is 1. The summed E-state index contributed by atoms with van der Waals surface area (Å²) in [5.41, 5.74) is 6.88. The number of anilines is 2. The normalized spacial score (nSPS) is 18.6. The summed E-state index contributed by atoms with van der Waals surface area (Å²) >= 11 is 3.33. The molecule has 1 amide bonds. The molecule has 0 aromatic heterocycles. The van der Waals surface area contributed by atoms with E-state index in [0.29, 0.717) is 28.9 Å². The highest BCUT2D eigenvalue weighted by Gasteiger charge is 2.23. The van der Waals surface area contributed by atoms with Crippen LogP contribution in [0, 0.1) is 0 Å². The molecule has 1 aromatic carbocycles. The molecule has 0 atom stereocenters. The molecule has 1 heterocycles. The van der Waals surface area contributed by atoms with Crippen molar-refractivity contribution in [2.75, 3.05) is 42.2 Å². The topological polar surface area (TPSA) is 92.5 Å². The maximum Gasteiger partial charge on any atom is 0.238 e.